The molecule has 2 aliphatic heterocycles. The minimum Gasteiger partial charge on any atom is -0.495 e. The van der Waals surface area contributed by atoms with Gasteiger partial charge in [-0.1, -0.05) is 23.4 Å². The van der Waals surface area contributed by atoms with E-state index in [4.69, 9.17) is 21.4 Å². The zero-order chi connectivity index (χ0) is 20.5. The van der Waals surface area contributed by atoms with Crippen molar-refractivity contribution in [3.63, 3.8) is 0 Å². The fourth-order valence-corrected chi connectivity index (χ4v) is 7.34. The number of halogens is 1. The maximum Gasteiger partial charge on any atom is 0.303 e. The summed E-state index contributed by atoms with van der Waals surface area (Å²) in [6.07, 6.45) is 0.0842. The van der Waals surface area contributed by atoms with Gasteiger partial charge < -0.3 is 14.7 Å². The molecular weight excluding hydrogens is 428 g/mol. The number of amides is 1. The van der Waals surface area contributed by atoms with Gasteiger partial charge in [-0.25, -0.2) is 8.42 Å². The van der Waals surface area contributed by atoms with Gasteiger partial charge in [0.05, 0.1) is 30.3 Å². The molecule has 0 bridgehead atoms. The molecule has 28 heavy (non-hydrogen) atoms. The van der Waals surface area contributed by atoms with Crippen molar-refractivity contribution in [3.05, 3.63) is 23.2 Å². The van der Waals surface area contributed by atoms with Crippen molar-refractivity contribution < 1.29 is 27.9 Å². The zero-order valence-electron chi connectivity index (χ0n) is 15.0. The van der Waals surface area contributed by atoms with Crippen LogP contribution in [-0.4, -0.2) is 60.5 Å². The number of carbonyl (C=O) groups excluding carboxylic acids is 1. The molecule has 0 aliphatic carbocycles. The number of thioether (sulfide) groups is 1. The molecule has 2 saturated heterocycles. The maximum atomic E-state index is 12.2. The van der Waals surface area contributed by atoms with Gasteiger partial charge in [0.25, 0.3) is 0 Å². The third-order valence-electron chi connectivity index (χ3n) is 4.47. The quantitative estimate of drug-likeness (QED) is 0.707. The third kappa shape index (κ3) is 4.61. The van der Waals surface area contributed by atoms with E-state index in [-0.39, 0.29) is 42.1 Å². The number of hydrogen-bond donors (Lipinski definition) is 1. The van der Waals surface area contributed by atoms with E-state index < -0.39 is 21.7 Å². The highest BCUT2D eigenvalue weighted by atomic mass is 35.5. The Bertz CT molecular complexity index is 934. The topological polar surface area (TPSA) is 113 Å². The number of ether oxygens (including phenoxy) is 1. The van der Waals surface area contributed by atoms with Gasteiger partial charge in [-0.05, 0) is 24.6 Å². The molecule has 1 aromatic carbocycles. The molecule has 0 radical (unpaired) electrons. The first-order valence-electron chi connectivity index (χ1n) is 8.53. The third-order valence-corrected chi connectivity index (χ3v) is 7.91. The molecule has 0 unspecified atom stereocenters. The van der Waals surface area contributed by atoms with Gasteiger partial charge in [0.2, 0.25) is 5.91 Å². The summed E-state index contributed by atoms with van der Waals surface area (Å²) in [5.74, 6) is -0.972. The second kappa shape index (κ2) is 8.30. The second-order valence-corrected chi connectivity index (χ2v) is 10.3. The highest BCUT2D eigenvalue weighted by Gasteiger charge is 2.50. The monoisotopic (exact) mass is 446 g/mol. The Hall–Kier alpha value is -1.78. The predicted octanol–water partition coefficient (Wildman–Crippen LogP) is 2.20. The summed E-state index contributed by atoms with van der Waals surface area (Å²) in [6, 6.07) is 4.60. The molecule has 2 fully saturated rings. The van der Waals surface area contributed by atoms with E-state index in [1.165, 1.54) is 18.9 Å². The molecule has 2 aliphatic rings. The normalized spacial score (nSPS) is 24.4. The van der Waals surface area contributed by atoms with Gasteiger partial charge in [0.1, 0.15) is 5.75 Å². The minimum atomic E-state index is -3.19. The Labute approximate surface area is 171 Å². The molecule has 1 aromatic rings. The zero-order valence-corrected chi connectivity index (χ0v) is 17.4. The Morgan fingerprint density at radius 1 is 1.36 bits per heavy atom. The highest BCUT2D eigenvalue weighted by Crippen LogP contribution is 2.44. The average molecular weight is 447 g/mol. The van der Waals surface area contributed by atoms with Crippen molar-refractivity contribution in [1.29, 1.82) is 0 Å². The number of aliphatic carboxylic acids is 1. The Kier molecular flexibility index (Phi) is 6.21. The van der Waals surface area contributed by atoms with E-state index in [0.29, 0.717) is 21.6 Å². The Balaban J connectivity index is 1.94. The SMILES string of the molecule is COc1ccc(Cl)cc1N1C(=NC(=O)CCCC(=O)O)S[C@H]2CS(=O)(=O)C[C@H]21. The summed E-state index contributed by atoms with van der Waals surface area (Å²) >= 11 is 7.37. The molecule has 152 valence electrons. The van der Waals surface area contributed by atoms with Gasteiger partial charge >= 0.3 is 5.97 Å². The summed E-state index contributed by atoms with van der Waals surface area (Å²) in [5.41, 5.74) is 0.546. The van der Waals surface area contributed by atoms with Crippen molar-refractivity contribution in [2.24, 2.45) is 4.99 Å². The van der Waals surface area contributed by atoms with Crippen LogP contribution in [0.25, 0.3) is 0 Å². The molecule has 1 N–H and O–H groups in total. The Morgan fingerprint density at radius 3 is 2.79 bits per heavy atom. The number of carbonyl (C=O) groups is 2. The Morgan fingerprint density at radius 2 is 2.11 bits per heavy atom. The van der Waals surface area contributed by atoms with E-state index in [1.54, 1.807) is 23.1 Å². The number of amidine groups is 1. The molecule has 3 rings (SSSR count). The summed E-state index contributed by atoms with van der Waals surface area (Å²) in [7, 11) is -1.70. The van der Waals surface area contributed by atoms with Crippen LogP contribution in [0.1, 0.15) is 19.3 Å². The lowest BCUT2D eigenvalue weighted by Gasteiger charge is -2.26. The number of aliphatic imine (C=N–C) groups is 1. The smallest absolute Gasteiger partial charge is 0.303 e. The summed E-state index contributed by atoms with van der Waals surface area (Å²) in [4.78, 5) is 28.7. The fourth-order valence-electron chi connectivity index (χ4n) is 3.25. The van der Waals surface area contributed by atoms with Crippen molar-refractivity contribution in [1.82, 2.24) is 0 Å². The van der Waals surface area contributed by atoms with Crippen LogP contribution in [0.2, 0.25) is 5.02 Å². The number of nitrogens with zero attached hydrogens (tertiary/aromatic N) is 2. The summed E-state index contributed by atoms with van der Waals surface area (Å²) < 4.78 is 29.6. The first-order chi connectivity index (χ1) is 13.2. The van der Waals surface area contributed by atoms with Crippen LogP contribution in [-0.2, 0) is 19.4 Å². The minimum absolute atomic E-state index is 0.00448. The van der Waals surface area contributed by atoms with E-state index in [0.717, 1.165) is 0 Å². The van der Waals surface area contributed by atoms with Crippen molar-refractivity contribution >= 4 is 55.9 Å². The standard InChI is InChI=1S/C17H19ClN2O6S2/c1-26-13-6-5-10(18)7-11(13)20-12-8-28(24,25)9-14(12)27-17(20)19-15(21)3-2-4-16(22)23/h5-7,12,14H,2-4,8-9H2,1H3,(H,22,23)/t12-,14+/m1/s1. The number of carboxylic acid groups (broad SMARTS) is 1. The number of methoxy groups -OCH3 is 1. The van der Waals surface area contributed by atoms with Crippen molar-refractivity contribution in [2.45, 2.75) is 30.6 Å². The number of anilines is 1. The van der Waals surface area contributed by atoms with Gasteiger partial charge in [0.15, 0.2) is 15.0 Å². The van der Waals surface area contributed by atoms with Crippen molar-refractivity contribution in [3.8, 4) is 5.75 Å². The number of benzene rings is 1. The second-order valence-electron chi connectivity index (χ2n) is 6.52. The number of fused-ring (bicyclic) bond motifs is 1. The molecule has 1 amide bonds. The highest BCUT2D eigenvalue weighted by molar-refractivity contribution is 8.16. The van der Waals surface area contributed by atoms with E-state index in [1.807, 2.05) is 0 Å². The summed E-state index contributed by atoms with van der Waals surface area (Å²) in [6.45, 7) is 0. The van der Waals surface area contributed by atoms with E-state index in [9.17, 15) is 18.0 Å². The molecule has 11 heteroatoms. The lowest BCUT2D eigenvalue weighted by atomic mass is 10.2. The number of carboxylic acids is 1. The van der Waals surface area contributed by atoms with Crippen LogP contribution in [0.3, 0.4) is 0 Å². The average Bonchev–Trinajstić information content (AvgIpc) is 3.05. The van der Waals surface area contributed by atoms with Crippen LogP contribution < -0.4 is 9.64 Å². The molecule has 0 aromatic heterocycles. The van der Waals surface area contributed by atoms with Gasteiger partial charge in [-0.3, -0.25) is 9.59 Å². The molecule has 8 nitrogen and oxygen atoms in total. The van der Waals surface area contributed by atoms with Crippen LogP contribution in [0.5, 0.6) is 5.75 Å². The van der Waals surface area contributed by atoms with E-state index >= 15 is 0 Å². The van der Waals surface area contributed by atoms with Crippen LogP contribution in [0, 0.1) is 0 Å². The van der Waals surface area contributed by atoms with Crippen LogP contribution in [0.15, 0.2) is 23.2 Å². The van der Waals surface area contributed by atoms with Gasteiger partial charge in [-0.2, -0.15) is 4.99 Å². The lowest BCUT2D eigenvalue weighted by Crippen LogP contribution is -2.38. The molecular formula is C17H19ClN2O6S2. The van der Waals surface area contributed by atoms with Crippen LogP contribution >= 0.6 is 23.4 Å². The molecule has 0 spiro atoms. The van der Waals surface area contributed by atoms with Gasteiger partial charge in [-0.15, -0.1) is 0 Å². The first kappa shape index (κ1) is 20.9. The first-order valence-corrected chi connectivity index (χ1v) is 11.6. The molecule has 2 heterocycles. The van der Waals surface area contributed by atoms with Crippen LogP contribution in [0.4, 0.5) is 5.69 Å². The predicted molar refractivity (Wildman–Crippen MR) is 108 cm³/mol. The van der Waals surface area contributed by atoms with Gasteiger partial charge in [0, 0.05) is 23.1 Å². The van der Waals surface area contributed by atoms with Crippen molar-refractivity contribution in [2.75, 3.05) is 23.5 Å². The largest absolute Gasteiger partial charge is 0.495 e. The maximum absolute atomic E-state index is 12.2. The fraction of sp³-hybridized carbons (Fsp3) is 0.471. The molecule has 2 atom stereocenters. The number of rotatable bonds is 6. The lowest BCUT2D eigenvalue weighted by molar-refractivity contribution is -0.137. The summed E-state index contributed by atoms with van der Waals surface area (Å²) in [5, 5.41) is 9.27. The number of hydrogen-bond acceptors (Lipinski definition) is 6. The number of sulfone groups is 1. The molecule has 0 saturated carbocycles. The van der Waals surface area contributed by atoms with E-state index in [2.05, 4.69) is 4.99 Å².